The fraction of sp³-hybridized carbons (Fsp3) is 0.360. The maximum Gasteiger partial charge on any atom is 0.276 e. The fourth-order valence-corrected chi connectivity index (χ4v) is 4.51. The quantitative estimate of drug-likeness (QED) is 0.476. The zero-order chi connectivity index (χ0) is 22.1. The summed E-state index contributed by atoms with van der Waals surface area (Å²) >= 11 is 0. The van der Waals surface area contributed by atoms with Crippen molar-refractivity contribution in [3.8, 4) is 22.9 Å². The lowest BCUT2D eigenvalue weighted by molar-refractivity contribution is 0.181. The Labute approximate surface area is 186 Å². The number of benzene rings is 2. The van der Waals surface area contributed by atoms with Crippen molar-refractivity contribution < 1.29 is 9.47 Å². The van der Waals surface area contributed by atoms with E-state index in [0.29, 0.717) is 29.5 Å². The minimum absolute atomic E-state index is 0.219. The van der Waals surface area contributed by atoms with Crippen LogP contribution in [0.4, 0.5) is 0 Å². The predicted octanol–water partition coefficient (Wildman–Crippen LogP) is 4.25. The molecule has 2 aromatic heterocycles. The Morgan fingerprint density at radius 2 is 1.84 bits per heavy atom. The number of nitrogens with one attached hydrogen (secondary N) is 2. The summed E-state index contributed by atoms with van der Waals surface area (Å²) in [7, 11) is 1.64. The smallest absolute Gasteiger partial charge is 0.276 e. The van der Waals surface area contributed by atoms with E-state index in [9.17, 15) is 4.79 Å². The Hall–Kier alpha value is -3.32. The van der Waals surface area contributed by atoms with Gasteiger partial charge in [-0.15, -0.1) is 0 Å². The van der Waals surface area contributed by atoms with E-state index in [0.717, 1.165) is 47.1 Å². The van der Waals surface area contributed by atoms with Crippen molar-refractivity contribution in [1.82, 2.24) is 19.9 Å². The molecule has 0 radical (unpaired) electrons. The molecule has 0 amide bonds. The molecule has 3 heterocycles. The second kappa shape index (κ2) is 8.67. The van der Waals surface area contributed by atoms with E-state index < -0.39 is 0 Å². The predicted molar refractivity (Wildman–Crippen MR) is 127 cm³/mol. The summed E-state index contributed by atoms with van der Waals surface area (Å²) in [6, 6.07) is 11.5. The van der Waals surface area contributed by atoms with Crippen LogP contribution in [0.5, 0.6) is 11.5 Å². The lowest BCUT2D eigenvalue weighted by atomic mass is 10.1. The first-order valence-electron chi connectivity index (χ1n) is 11.2. The summed E-state index contributed by atoms with van der Waals surface area (Å²) in [4.78, 5) is 26.1. The van der Waals surface area contributed by atoms with E-state index >= 15 is 0 Å². The minimum atomic E-state index is -0.219. The molecule has 1 fully saturated rings. The lowest BCUT2D eigenvalue weighted by Gasteiger charge is -2.26. The molecule has 0 atom stereocenters. The van der Waals surface area contributed by atoms with Crippen molar-refractivity contribution in [1.29, 1.82) is 0 Å². The summed E-state index contributed by atoms with van der Waals surface area (Å²) in [6.45, 7) is 5.81. The minimum Gasteiger partial charge on any atom is -0.493 e. The first-order valence-corrected chi connectivity index (χ1v) is 11.2. The highest BCUT2D eigenvalue weighted by Gasteiger charge is 2.18. The summed E-state index contributed by atoms with van der Waals surface area (Å²) < 4.78 is 11.7. The van der Waals surface area contributed by atoms with Gasteiger partial charge in [-0.3, -0.25) is 9.69 Å². The Morgan fingerprint density at radius 1 is 1.03 bits per heavy atom. The topological polar surface area (TPSA) is 83.2 Å². The highest BCUT2D eigenvalue weighted by Crippen LogP contribution is 2.36. The number of para-hydroxylation sites is 2. The van der Waals surface area contributed by atoms with Crippen LogP contribution in [0, 0.1) is 6.92 Å². The van der Waals surface area contributed by atoms with Crippen LogP contribution in [-0.4, -0.2) is 53.2 Å². The Kier molecular flexibility index (Phi) is 5.57. The van der Waals surface area contributed by atoms with Crippen molar-refractivity contribution in [3.63, 3.8) is 0 Å². The second-order valence-electron chi connectivity index (χ2n) is 8.36. The van der Waals surface area contributed by atoms with Crippen molar-refractivity contribution in [2.45, 2.75) is 26.2 Å². The number of aromatic amines is 2. The maximum absolute atomic E-state index is 12.8. The molecule has 2 N–H and O–H groups in total. The molecular formula is C25H28N4O3. The van der Waals surface area contributed by atoms with Crippen LogP contribution in [-0.2, 0) is 0 Å². The first kappa shape index (κ1) is 20.6. The van der Waals surface area contributed by atoms with Crippen LogP contribution in [0.2, 0.25) is 0 Å². The van der Waals surface area contributed by atoms with Gasteiger partial charge in [-0.2, -0.15) is 0 Å². The number of hydrogen-bond donors (Lipinski definition) is 2. The Balaban J connectivity index is 1.48. The molecule has 0 spiro atoms. The van der Waals surface area contributed by atoms with E-state index in [4.69, 9.17) is 9.47 Å². The average molecular weight is 433 g/mol. The third-order valence-electron chi connectivity index (χ3n) is 6.29. The van der Waals surface area contributed by atoms with Crippen LogP contribution in [0.15, 0.2) is 41.2 Å². The van der Waals surface area contributed by atoms with Gasteiger partial charge in [0, 0.05) is 18.0 Å². The maximum atomic E-state index is 12.8. The molecule has 1 aliphatic rings. The largest absolute Gasteiger partial charge is 0.493 e. The standard InChI is InChI=1S/C25H28N4O3/c1-16-17-14-22(32-13-12-29-10-6-3-7-11-29)21(31-2)15-20(17)27-23(16)24-25(30)28-19-9-5-4-8-18(19)26-24/h4-5,8-9,14-15,27H,3,6-7,10-13H2,1-2H3,(H,28,30). The molecule has 7 heteroatoms. The molecule has 7 nitrogen and oxygen atoms in total. The summed E-state index contributed by atoms with van der Waals surface area (Å²) in [5.41, 5.74) is 4.18. The van der Waals surface area contributed by atoms with Crippen molar-refractivity contribution in [2.24, 2.45) is 0 Å². The van der Waals surface area contributed by atoms with Gasteiger partial charge in [-0.25, -0.2) is 4.98 Å². The molecule has 5 rings (SSSR count). The number of piperidine rings is 1. The number of aryl methyl sites for hydroxylation is 1. The van der Waals surface area contributed by atoms with E-state index in [1.807, 2.05) is 43.3 Å². The number of fused-ring (bicyclic) bond motifs is 2. The summed E-state index contributed by atoms with van der Waals surface area (Å²) in [6.07, 6.45) is 3.86. The zero-order valence-corrected chi connectivity index (χ0v) is 18.5. The number of nitrogens with zero attached hydrogens (tertiary/aromatic N) is 2. The number of H-pyrrole nitrogens is 2. The molecule has 1 saturated heterocycles. The third-order valence-corrected chi connectivity index (χ3v) is 6.29. The van der Waals surface area contributed by atoms with Gasteiger partial charge in [0.05, 0.1) is 29.4 Å². The molecule has 4 aromatic rings. The van der Waals surface area contributed by atoms with Gasteiger partial charge in [0.15, 0.2) is 17.2 Å². The Morgan fingerprint density at radius 3 is 2.66 bits per heavy atom. The highest BCUT2D eigenvalue weighted by atomic mass is 16.5. The molecule has 0 aliphatic carbocycles. The van der Waals surface area contributed by atoms with Crippen LogP contribution >= 0.6 is 0 Å². The van der Waals surface area contributed by atoms with Gasteiger partial charge < -0.3 is 19.4 Å². The molecule has 1 aliphatic heterocycles. The molecule has 0 unspecified atom stereocenters. The van der Waals surface area contributed by atoms with E-state index in [1.54, 1.807) is 7.11 Å². The monoisotopic (exact) mass is 432 g/mol. The van der Waals surface area contributed by atoms with Crippen LogP contribution in [0.25, 0.3) is 33.3 Å². The summed E-state index contributed by atoms with van der Waals surface area (Å²) in [5, 5.41) is 0.989. The van der Waals surface area contributed by atoms with Gasteiger partial charge in [0.2, 0.25) is 0 Å². The number of aromatic nitrogens is 3. The number of hydrogen-bond acceptors (Lipinski definition) is 5. The molecule has 166 valence electrons. The number of ether oxygens (including phenoxy) is 2. The van der Waals surface area contributed by atoms with E-state index in [2.05, 4.69) is 19.9 Å². The van der Waals surface area contributed by atoms with Crippen LogP contribution in [0.3, 0.4) is 0 Å². The number of methoxy groups -OCH3 is 1. The zero-order valence-electron chi connectivity index (χ0n) is 18.5. The Bertz CT molecular complexity index is 1320. The lowest BCUT2D eigenvalue weighted by Crippen LogP contribution is -2.33. The highest BCUT2D eigenvalue weighted by molar-refractivity contribution is 5.92. The normalized spacial score (nSPS) is 14.8. The molecule has 0 saturated carbocycles. The van der Waals surface area contributed by atoms with Gasteiger partial charge >= 0.3 is 0 Å². The fourth-order valence-electron chi connectivity index (χ4n) is 4.51. The van der Waals surface area contributed by atoms with Crippen molar-refractivity contribution in [3.05, 3.63) is 52.3 Å². The van der Waals surface area contributed by atoms with Gasteiger partial charge in [-0.1, -0.05) is 18.6 Å². The van der Waals surface area contributed by atoms with Crippen LogP contribution in [0.1, 0.15) is 24.8 Å². The number of likely N-dealkylation sites (tertiary alicyclic amines) is 1. The van der Waals surface area contributed by atoms with Gasteiger partial charge in [0.25, 0.3) is 5.56 Å². The van der Waals surface area contributed by atoms with Crippen LogP contribution < -0.4 is 15.0 Å². The third kappa shape index (κ3) is 3.84. The second-order valence-corrected chi connectivity index (χ2v) is 8.36. The van der Waals surface area contributed by atoms with Gasteiger partial charge in [0.1, 0.15) is 6.61 Å². The summed E-state index contributed by atoms with van der Waals surface area (Å²) in [5.74, 6) is 1.38. The molecule has 32 heavy (non-hydrogen) atoms. The number of rotatable bonds is 6. The van der Waals surface area contributed by atoms with E-state index in [-0.39, 0.29) is 5.56 Å². The van der Waals surface area contributed by atoms with Crippen molar-refractivity contribution >= 4 is 21.9 Å². The average Bonchev–Trinajstić information content (AvgIpc) is 3.14. The molecule has 2 aromatic carbocycles. The SMILES string of the molecule is COc1cc2[nH]c(-c3nc4ccccc4[nH]c3=O)c(C)c2cc1OCCN1CCCCC1. The van der Waals surface area contributed by atoms with E-state index in [1.165, 1.54) is 19.3 Å². The first-order chi connectivity index (χ1) is 15.6. The van der Waals surface area contributed by atoms with Gasteiger partial charge in [-0.05, 0) is 56.6 Å². The molecule has 0 bridgehead atoms. The molecular weight excluding hydrogens is 404 g/mol. The van der Waals surface area contributed by atoms with Crippen molar-refractivity contribution in [2.75, 3.05) is 33.4 Å².